The lowest BCUT2D eigenvalue weighted by molar-refractivity contribution is 0.198. The Morgan fingerprint density at radius 3 is 2.68 bits per heavy atom. The first-order valence-corrected chi connectivity index (χ1v) is 7.03. The van der Waals surface area contributed by atoms with Gasteiger partial charge in [0.1, 0.15) is 10.8 Å². The highest BCUT2D eigenvalue weighted by atomic mass is 32.2. The van der Waals surface area contributed by atoms with Gasteiger partial charge in [0, 0.05) is 11.0 Å². The summed E-state index contributed by atoms with van der Waals surface area (Å²) in [4.78, 5) is 9.57. The number of nitrogens with two attached hydrogens (primary N) is 1. The average Bonchev–Trinajstić information content (AvgIpc) is 2.39. The molecule has 0 saturated heterocycles. The number of aromatic nitrogens is 2. The predicted octanol–water partition coefficient (Wildman–Crippen LogP) is 3.39. The number of nitrogen functional groups attached to an aromatic ring is 1. The third kappa shape index (κ3) is 4.13. The van der Waals surface area contributed by atoms with Gasteiger partial charge in [0.25, 0.3) is 0 Å². The first-order chi connectivity index (χ1) is 9.17. The number of nitrogens with zero attached hydrogens (tertiary/aromatic N) is 2. The topological polar surface area (TPSA) is 61.0 Å². The Morgan fingerprint density at radius 2 is 2.00 bits per heavy atom. The fourth-order valence-corrected chi connectivity index (χ4v) is 2.24. The molecule has 0 bridgehead atoms. The Labute approximate surface area is 117 Å². The Hall–Kier alpha value is -1.75. The lowest BCUT2D eigenvalue weighted by Gasteiger charge is -2.11. The maximum Gasteiger partial charge on any atom is 0.319 e. The molecule has 2 N–H and O–H groups in total. The highest BCUT2D eigenvalue weighted by Gasteiger charge is 2.08. The van der Waals surface area contributed by atoms with Crippen molar-refractivity contribution in [1.29, 1.82) is 0 Å². The summed E-state index contributed by atoms with van der Waals surface area (Å²) in [5.41, 5.74) is 5.79. The zero-order chi connectivity index (χ0) is 13.7. The quantitative estimate of drug-likeness (QED) is 0.847. The number of anilines is 1. The number of rotatable bonds is 5. The van der Waals surface area contributed by atoms with Gasteiger partial charge < -0.3 is 10.5 Å². The summed E-state index contributed by atoms with van der Waals surface area (Å²) in [5, 5.41) is 0.789. The molecule has 2 rings (SSSR count). The molecule has 2 aromatic rings. The second-order valence-electron chi connectivity index (χ2n) is 4.17. The molecule has 1 aromatic heterocycles. The van der Waals surface area contributed by atoms with Crippen LogP contribution >= 0.6 is 11.8 Å². The van der Waals surface area contributed by atoms with Gasteiger partial charge in [-0.1, -0.05) is 36.9 Å². The molecule has 0 aliphatic heterocycles. The van der Waals surface area contributed by atoms with E-state index < -0.39 is 0 Å². The number of benzene rings is 1. The van der Waals surface area contributed by atoms with Gasteiger partial charge in [-0.15, -0.1) is 0 Å². The number of hydrogen-bond donors (Lipinski definition) is 1. The summed E-state index contributed by atoms with van der Waals surface area (Å²) in [6, 6.07) is 12.1. The molecule has 0 aliphatic carbocycles. The van der Waals surface area contributed by atoms with Crippen molar-refractivity contribution in [1.82, 2.24) is 9.97 Å². The van der Waals surface area contributed by atoms with Crippen LogP contribution in [0.3, 0.4) is 0 Å². The molecule has 100 valence electrons. The minimum atomic E-state index is 0.0800. The standard InChI is InChI=1S/C14H17N3OS/c1-3-10(2)18-14-16-12(15)9-13(17-14)19-11-7-5-4-6-8-11/h4-10H,3H2,1-2H3,(H2,15,16,17). The fourth-order valence-electron chi connectivity index (χ4n) is 1.40. The van der Waals surface area contributed by atoms with Crippen molar-refractivity contribution >= 4 is 17.6 Å². The highest BCUT2D eigenvalue weighted by molar-refractivity contribution is 7.99. The van der Waals surface area contributed by atoms with Crippen molar-refractivity contribution in [3.8, 4) is 6.01 Å². The first kappa shape index (κ1) is 13.7. The summed E-state index contributed by atoms with van der Waals surface area (Å²) in [7, 11) is 0. The predicted molar refractivity (Wildman–Crippen MR) is 77.4 cm³/mol. The van der Waals surface area contributed by atoms with E-state index in [-0.39, 0.29) is 6.10 Å². The Kier molecular flexibility index (Phi) is 4.63. The van der Waals surface area contributed by atoms with Gasteiger partial charge in [0.05, 0.1) is 6.10 Å². The zero-order valence-corrected chi connectivity index (χ0v) is 11.9. The summed E-state index contributed by atoms with van der Waals surface area (Å²) in [6.45, 7) is 4.03. The van der Waals surface area contributed by atoms with Gasteiger partial charge in [-0.25, -0.2) is 0 Å². The lowest BCUT2D eigenvalue weighted by atomic mass is 10.3. The summed E-state index contributed by atoms with van der Waals surface area (Å²) >= 11 is 1.54. The SMILES string of the molecule is CCC(C)Oc1nc(N)cc(Sc2ccccc2)n1. The van der Waals surface area contributed by atoms with Crippen LogP contribution in [0.5, 0.6) is 6.01 Å². The van der Waals surface area contributed by atoms with Crippen LogP contribution in [0.4, 0.5) is 5.82 Å². The Bertz CT molecular complexity index is 533. The van der Waals surface area contributed by atoms with Gasteiger partial charge in [-0.05, 0) is 25.5 Å². The maximum atomic E-state index is 5.79. The van der Waals surface area contributed by atoms with Gasteiger partial charge in [-0.3, -0.25) is 0 Å². The fraction of sp³-hybridized carbons (Fsp3) is 0.286. The first-order valence-electron chi connectivity index (χ1n) is 6.21. The number of hydrogen-bond acceptors (Lipinski definition) is 5. The second-order valence-corrected chi connectivity index (χ2v) is 5.26. The third-order valence-electron chi connectivity index (χ3n) is 2.55. The molecular weight excluding hydrogens is 258 g/mol. The second kappa shape index (κ2) is 6.43. The summed E-state index contributed by atoms with van der Waals surface area (Å²) in [6.07, 6.45) is 0.982. The third-order valence-corrected chi connectivity index (χ3v) is 3.48. The van der Waals surface area contributed by atoms with Crippen LogP contribution in [0.15, 0.2) is 46.3 Å². The minimum Gasteiger partial charge on any atom is -0.460 e. The van der Waals surface area contributed by atoms with Gasteiger partial charge in [0.2, 0.25) is 0 Å². The highest BCUT2D eigenvalue weighted by Crippen LogP contribution is 2.27. The molecule has 0 saturated carbocycles. The van der Waals surface area contributed by atoms with E-state index in [4.69, 9.17) is 10.5 Å². The molecule has 1 unspecified atom stereocenters. The normalized spacial score (nSPS) is 12.1. The van der Waals surface area contributed by atoms with Gasteiger partial charge >= 0.3 is 6.01 Å². The van der Waals surface area contributed by atoms with Gasteiger partial charge in [0.15, 0.2) is 0 Å². The molecule has 4 nitrogen and oxygen atoms in total. The lowest BCUT2D eigenvalue weighted by Crippen LogP contribution is -2.12. The van der Waals surface area contributed by atoms with Crippen molar-refractivity contribution < 1.29 is 4.74 Å². The molecule has 0 aliphatic rings. The molecule has 0 radical (unpaired) electrons. The van der Waals surface area contributed by atoms with Crippen LogP contribution < -0.4 is 10.5 Å². The van der Waals surface area contributed by atoms with Crippen molar-refractivity contribution in [3.05, 3.63) is 36.4 Å². The van der Waals surface area contributed by atoms with E-state index in [9.17, 15) is 0 Å². The van der Waals surface area contributed by atoms with Crippen LogP contribution in [0.25, 0.3) is 0 Å². The monoisotopic (exact) mass is 275 g/mol. The van der Waals surface area contributed by atoms with E-state index in [2.05, 4.69) is 16.9 Å². The molecule has 0 amide bonds. The molecule has 19 heavy (non-hydrogen) atoms. The van der Waals surface area contributed by atoms with E-state index in [1.807, 2.05) is 37.3 Å². The average molecular weight is 275 g/mol. The molecule has 0 fully saturated rings. The van der Waals surface area contributed by atoms with Gasteiger partial charge in [-0.2, -0.15) is 9.97 Å². The van der Waals surface area contributed by atoms with E-state index >= 15 is 0 Å². The van der Waals surface area contributed by atoms with Crippen LogP contribution in [-0.4, -0.2) is 16.1 Å². The summed E-state index contributed by atoms with van der Waals surface area (Å²) < 4.78 is 5.61. The van der Waals surface area contributed by atoms with Crippen molar-refractivity contribution in [2.45, 2.75) is 36.3 Å². The van der Waals surface area contributed by atoms with Crippen molar-refractivity contribution in [2.75, 3.05) is 5.73 Å². The van der Waals surface area contributed by atoms with Crippen LogP contribution in [0.1, 0.15) is 20.3 Å². The number of ether oxygens (including phenoxy) is 1. The van der Waals surface area contributed by atoms with Crippen LogP contribution in [0, 0.1) is 0 Å². The maximum absolute atomic E-state index is 5.79. The van der Waals surface area contributed by atoms with E-state index in [1.54, 1.807) is 6.07 Å². The molecule has 5 heteroatoms. The van der Waals surface area contributed by atoms with Crippen LogP contribution in [0.2, 0.25) is 0 Å². The van der Waals surface area contributed by atoms with E-state index in [0.29, 0.717) is 11.8 Å². The molecule has 1 aromatic carbocycles. The van der Waals surface area contributed by atoms with Crippen molar-refractivity contribution in [2.24, 2.45) is 0 Å². The van der Waals surface area contributed by atoms with E-state index in [0.717, 1.165) is 16.3 Å². The Balaban J connectivity index is 2.17. The molecule has 1 heterocycles. The zero-order valence-electron chi connectivity index (χ0n) is 11.0. The van der Waals surface area contributed by atoms with E-state index in [1.165, 1.54) is 11.8 Å². The smallest absolute Gasteiger partial charge is 0.319 e. The minimum absolute atomic E-state index is 0.0800. The molecule has 0 spiro atoms. The van der Waals surface area contributed by atoms with Crippen molar-refractivity contribution in [3.63, 3.8) is 0 Å². The Morgan fingerprint density at radius 1 is 1.26 bits per heavy atom. The van der Waals surface area contributed by atoms with Crippen LogP contribution in [-0.2, 0) is 0 Å². The summed E-state index contributed by atoms with van der Waals surface area (Å²) in [5.74, 6) is 0.423. The molecular formula is C14H17N3OS. The molecule has 1 atom stereocenters. The largest absolute Gasteiger partial charge is 0.460 e.